The minimum absolute atomic E-state index is 0.0453. The normalized spacial score (nSPS) is 10.3. The van der Waals surface area contributed by atoms with E-state index in [4.69, 9.17) is 9.47 Å². The molecule has 5 nitrogen and oxygen atoms in total. The SMILES string of the molecule is CCCOc1c(Br)cc(CNCC(=O)N(C)C)cc1OC. The molecule has 1 aromatic carbocycles. The average molecular weight is 359 g/mol. The van der Waals surface area contributed by atoms with Crippen LogP contribution in [0.5, 0.6) is 11.5 Å². The second-order valence-electron chi connectivity index (χ2n) is 4.85. The molecule has 1 amide bonds. The highest BCUT2D eigenvalue weighted by atomic mass is 79.9. The molecule has 0 saturated heterocycles. The van der Waals surface area contributed by atoms with Crippen LogP contribution in [0.25, 0.3) is 0 Å². The predicted octanol–water partition coefficient (Wildman–Crippen LogP) is 2.42. The first-order chi connectivity index (χ1) is 9.99. The molecule has 1 rings (SSSR count). The van der Waals surface area contributed by atoms with Gasteiger partial charge in [-0.3, -0.25) is 4.79 Å². The molecule has 1 aromatic rings. The summed E-state index contributed by atoms with van der Waals surface area (Å²) in [5, 5.41) is 3.12. The molecule has 0 fully saturated rings. The third-order valence-corrected chi connectivity index (χ3v) is 3.43. The Labute approximate surface area is 134 Å². The summed E-state index contributed by atoms with van der Waals surface area (Å²) < 4.78 is 11.9. The van der Waals surface area contributed by atoms with Gasteiger partial charge in [-0.15, -0.1) is 0 Å². The molecule has 1 N–H and O–H groups in total. The third kappa shape index (κ3) is 5.55. The molecular weight excluding hydrogens is 336 g/mol. The molecule has 0 radical (unpaired) electrons. The number of likely N-dealkylation sites (N-methyl/N-ethyl adjacent to an activating group) is 1. The van der Waals surface area contributed by atoms with Gasteiger partial charge < -0.3 is 19.7 Å². The Hall–Kier alpha value is -1.27. The van der Waals surface area contributed by atoms with Gasteiger partial charge >= 0.3 is 0 Å². The van der Waals surface area contributed by atoms with E-state index in [-0.39, 0.29) is 5.91 Å². The van der Waals surface area contributed by atoms with Crippen molar-refractivity contribution in [1.82, 2.24) is 10.2 Å². The maximum absolute atomic E-state index is 11.5. The molecular formula is C15H23BrN2O3. The minimum Gasteiger partial charge on any atom is -0.493 e. The van der Waals surface area contributed by atoms with Crippen molar-refractivity contribution in [3.63, 3.8) is 0 Å². The van der Waals surface area contributed by atoms with Gasteiger partial charge in [0.1, 0.15) is 0 Å². The van der Waals surface area contributed by atoms with E-state index < -0.39 is 0 Å². The van der Waals surface area contributed by atoms with Gasteiger partial charge in [-0.1, -0.05) is 6.92 Å². The molecule has 21 heavy (non-hydrogen) atoms. The van der Waals surface area contributed by atoms with Gasteiger partial charge in [0.15, 0.2) is 11.5 Å². The number of hydrogen-bond acceptors (Lipinski definition) is 4. The quantitative estimate of drug-likeness (QED) is 0.775. The number of hydrogen-bond donors (Lipinski definition) is 1. The van der Waals surface area contributed by atoms with Crippen molar-refractivity contribution >= 4 is 21.8 Å². The molecule has 0 heterocycles. The van der Waals surface area contributed by atoms with Crippen molar-refractivity contribution in [2.75, 3.05) is 34.4 Å². The van der Waals surface area contributed by atoms with Crippen LogP contribution >= 0.6 is 15.9 Å². The first-order valence-electron chi connectivity index (χ1n) is 6.89. The number of ether oxygens (including phenoxy) is 2. The van der Waals surface area contributed by atoms with Crippen LogP contribution in [-0.4, -0.2) is 45.2 Å². The fraction of sp³-hybridized carbons (Fsp3) is 0.533. The Morgan fingerprint density at radius 1 is 1.38 bits per heavy atom. The maximum atomic E-state index is 11.5. The topological polar surface area (TPSA) is 50.8 Å². The molecule has 0 aromatic heterocycles. The minimum atomic E-state index is 0.0453. The van der Waals surface area contributed by atoms with Crippen LogP contribution in [0.1, 0.15) is 18.9 Å². The van der Waals surface area contributed by atoms with E-state index in [0.717, 1.165) is 16.5 Å². The third-order valence-electron chi connectivity index (χ3n) is 2.84. The summed E-state index contributed by atoms with van der Waals surface area (Å²) in [5.74, 6) is 1.45. The molecule has 0 bridgehead atoms. The maximum Gasteiger partial charge on any atom is 0.236 e. The zero-order valence-electron chi connectivity index (χ0n) is 13.0. The molecule has 6 heteroatoms. The van der Waals surface area contributed by atoms with E-state index in [2.05, 4.69) is 28.2 Å². The van der Waals surface area contributed by atoms with Crippen molar-refractivity contribution in [1.29, 1.82) is 0 Å². The van der Waals surface area contributed by atoms with Crippen LogP contribution in [0.3, 0.4) is 0 Å². The highest BCUT2D eigenvalue weighted by Crippen LogP contribution is 2.36. The van der Waals surface area contributed by atoms with Crippen LogP contribution in [0.2, 0.25) is 0 Å². The number of carbonyl (C=O) groups excluding carboxylic acids is 1. The van der Waals surface area contributed by atoms with Gasteiger partial charge in [0.2, 0.25) is 5.91 Å². The van der Waals surface area contributed by atoms with Crippen LogP contribution in [0.4, 0.5) is 0 Å². The monoisotopic (exact) mass is 358 g/mol. The van der Waals surface area contributed by atoms with Crippen molar-refractivity contribution < 1.29 is 14.3 Å². The van der Waals surface area contributed by atoms with Gasteiger partial charge in [0.25, 0.3) is 0 Å². The highest BCUT2D eigenvalue weighted by molar-refractivity contribution is 9.10. The Morgan fingerprint density at radius 3 is 2.67 bits per heavy atom. The molecule has 0 aliphatic rings. The Balaban J connectivity index is 2.72. The second-order valence-corrected chi connectivity index (χ2v) is 5.70. The molecule has 0 aliphatic heterocycles. The smallest absolute Gasteiger partial charge is 0.236 e. The summed E-state index contributed by atoms with van der Waals surface area (Å²) in [6.45, 7) is 3.59. The number of nitrogens with one attached hydrogen (secondary N) is 1. The lowest BCUT2D eigenvalue weighted by Crippen LogP contribution is -2.32. The number of methoxy groups -OCH3 is 1. The lowest BCUT2D eigenvalue weighted by molar-refractivity contribution is -0.127. The molecule has 0 unspecified atom stereocenters. The van der Waals surface area contributed by atoms with Crippen LogP contribution < -0.4 is 14.8 Å². The zero-order valence-corrected chi connectivity index (χ0v) is 14.6. The fourth-order valence-corrected chi connectivity index (χ4v) is 2.30. The summed E-state index contributed by atoms with van der Waals surface area (Å²) in [5.41, 5.74) is 1.02. The molecule has 0 atom stereocenters. The van der Waals surface area contributed by atoms with Crippen molar-refractivity contribution in [2.24, 2.45) is 0 Å². The second kappa shape index (κ2) is 8.89. The average Bonchev–Trinajstić information content (AvgIpc) is 2.45. The summed E-state index contributed by atoms with van der Waals surface area (Å²) >= 11 is 3.51. The van der Waals surface area contributed by atoms with Crippen molar-refractivity contribution in [2.45, 2.75) is 19.9 Å². The zero-order chi connectivity index (χ0) is 15.8. The molecule has 118 valence electrons. The van der Waals surface area contributed by atoms with E-state index in [9.17, 15) is 4.79 Å². The van der Waals surface area contributed by atoms with E-state index in [1.165, 1.54) is 0 Å². The molecule has 0 aliphatic carbocycles. The van der Waals surface area contributed by atoms with Crippen LogP contribution in [0.15, 0.2) is 16.6 Å². The summed E-state index contributed by atoms with van der Waals surface area (Å²) in [6.07, 6.45) is 0.936. The summed E-state index contributed by atoms with van der Waals surface area (Å²) in [7, 11) is 5.10. The summed E-state index contributed by atoms with van der Waals surface area (Å²) in [4.78, 5) is 13.1. The lowest BCUT2D eigenvalue weighted by atomic mass is 10.2. The highest BCUT2D eigenvalue weighted by Gasteiger charge is 2.12. The van der Waals surface area contributed by atoms with E-state index >= 15 is 0 Å². The van der Waals surface area contributed by atoms with Crippen molar-refractivity contribution in [3.8, 4) is 11.5 Å². The van der Waals surface area contributed by atoms with Crippen LogP contribution in [-0.2, 0) is 11.3 Å². The van der Waals surface area contributed by atoms with E-state index in [1.807, 2.05) is 12.1 Å². The summed E-state index contributed by atoms with van der Waals surface area (Å²) in [6, 6.07) is 3.89. The standard InChI is InChI=1S/C15H23BrN2O3/c1-5-6-21-15-12(16)7-11(8-13(15)20-4)9-17-10-14(19)18(2)3/h7-8,17H,5-6,9-10H2,1-4H3. The van der Waals surface area contributed by atoms with Gasteiger partial charge in [-0.05, 0) is 40.0 Å². The largest absolute Gasteiger partial charge is 0.493 e. The molecule has 0 saturated carbocycles. The number of nitrogens with zero attached hydrogens (tertiary/aromatic N) is 1. The number of benzene rings is 1. The number of carbonyl (C=O) groups is 1. The van der Waals surface area contributed by atoms with E-state index in [1.54, 1.807) is 26.1 Å². The number of halogens is 1. The van der Waals surface area contributed by atoms with Crippen LogP contribution in [0, 0.1) is 0 Å². The predicted molar refractivity (Wildman–Crippen MR) is 86.9 cm³/mol. The molecule has 0 spiro atoms. The van der Waals surface area contributed by atoms with Gasteiger partial charge in [-0.2, -0.15) is 0 Å². The van der Waals surface area contributed by atoms with Gasteiger partial charge in [0, 0.05) is 20.6 Å². The van der Waals surface area contributed by atoms with Crippen molar-refractivity contribution in [3.05, 3.63) is 22.2 Å². The fourth-order valence-electron chi connectivity index (χ4n) is 1.69. The Kier molecular flexibility index (Phi) is 7.53. The first kappa shape index (κ1) is 17.8. The number of rotatable bonds is 8. The van der Waals surface area contributed by atoms with Gasteiger partial charge in [-0.25, -0.2) is 0 Å². The van der Waals surface area contributed by atoms with Gasteiger partial charge in [0.05, 0.1) is 24.7 Å². The lowest BCUT2D eigenvalue weighted by Gasteiger charge is -2.15. The van der Waals surface area contributed by atoms with E-state index in [0.29, 0.717) is 31.2 Å². The Morgan fingerprint density at radius 2 is 2.10 bits per heavy atom. The Bertz CT molecular complexity index is 478. The number of amides is 1. The first-order valence-corrected chi connectivity index (χ1v) is 7.69.